The Hall–Kier alpha value is -3.01. The largest absolute Gasteiger partial charge is 0.324 e. The summed E-state index contributed by atoms with van der Waals surface area (Å²) < 4.78 is 15.0. The zero-order valence-electron chi connectivity index (χ0n) is 22.1. The predicted octanol–water partition coefficient (Wildman–Crippen LogP) is 5.35. The molecule has 2 aliphatic rings. The molecule has 0 spiro atoms. The molecular weight excluding hydrogens is 526 g/mol. The van der Waals surface area contributed by atoms with Crippen molar-refractivity contribution >= 4 is 45.2 Å². The van der Waals surface area contributed by atoms with Gasteiger partial charge in [0.15, 0.2) is 0 Å². The van der Waals surface area contributed by atoms with Crippen molar-refractivity contribution in [1.29, 1.82) is 0 Å². The van der Waals surface area contributed by atoms with Crippen LogP contribution in [0.15, 0.2) is 76.6 Å². The Labute approximate surface area is 235 Å². The lowest BCUT2D eigenvalue weighted by molar-refractivity contribution is 0.347. The molecule has 2 fully saturated rings. The number of anilines is 2. The Morgan fingerprint density at radius 1 is 1.05 bits per heavy atom. The fraction of sp³-hybridized carbons (Fsp3) is 0.367. The van der Waals surface area contributed by atoms with Crippen LogP contribution in [0, 0.1) is 0 Å². The SMILES string of the molecule is CN1CCSC(c2ccc(Nc3ncc4ccc(=O)n(Cc5ccccc5S(=O)C5CCCC5)c4n3)cc2)C1. The summed E-state index contributed by atoms with van der Waals surface area (Å²) in [4.78, 5) is 25.5. The average Bonchev–Trinajstić information content (AvgIpc) is 3.50. The molecule has 2 atom stereocenters. The second kappa shape index (κ2) is 11.6. The molecule has 1 aliphatic heterocycles. The molecule has 0 bridgehead atoms. The molecule has 2 aromatic carbocycles. The molecule has 2 aromatic heterocycles. The van der Waals surface area contributed by atoms with Gasteiger partial charge in [-0.2, -0.15) is 16.7 Å². The summed E-state index contributed by atoms with van der Waals surface area (Å²) in [6, 6.07) is 19.5. The third-order valence-electron chi connectivity index (χ3n) is 7.65. The minimum Gasteiger partial charge on any atom is -0.324 e. The third kappa shape index (κ3) is 5.81. The van der Waals surface area contributed by atoms with Crippen LogP contribution in [0.1, 0.15) is 42.1 Å². The van der Waals surface area contributed by atoms with Crippen molar-refractivity contribution in [2.75, 3.05) is 31.2 Å². The van der Waals surface area contributed by atoms with Crippen molar-refractivity contribution in [2.45, 2.75) is 47.6 Å². The van der Waals surface area contributed by atoms with Gasteiger partial charge in [0, 0.05) is 57.6 Å². The summed E-state index contributed by atoms with van der Waals surface area (Å²) in [6.07, 6.45) is 6.00. The maximum atomic E-state index is 13.4. The monoisotopic (exact) mass is 559 g/mol. The zero-order chi connectivity index (χ0) is 26.8. The van der Waals surface area contributed by atoms with Gasteiger partial charge >= 0.3 is 0 Å². The fourth-order valence-corrected chi connectivity index (χ4v) is 8.59. The standard InChI is InChI=1S/C30H33N5O2S2/c1-34-16-17-38-26(20-34)21-10-13-24(14-11-21)32-30-31-18-22-12-15-28(36)35(29(22)33-30)19-23-6-2-5-9-27(23)39(37)25-7-3-4-8-25/h2,5-6,9-15,18,25-26H,3-4,7-8,16-17,19-20H2,1H3,(H,31,32,33). The number of pyridine rings is 1. The molecule has 1 N–H and O–H groups in total. The number of fused-ring (bicyclic) bond motifs is 1. The van der Waals surface area contributed by atoms with Gasteiger partial charge in [0.2, 0.25) is 5.95 Å². The van der Waals surface area contributed by atoms with E-state index >= 15 is 0 Å². The van der Waals surface area contributed by atoms with Crippen LogP contribution >= 0.6 is 11.8 Å². The van der Waals surface area contributed by atoms with Gasteiger partial charge in [-0.1, -0.05) is 43.2 Å². The number of rotatable bonds is 7. The molecular formula is C30H33N5O2S2. The number of nitrogens with zero attached hydrogens (tertiary/aromatic N) is 4. The molecule has 0 radical (unpaired) electrons. The van der Waals surface area contributed by atoms with E-state index in [9.17, 15) is 9.00 Å². The highest BCUT2D eigenvalue weighted by Gasteiger charge is 2.24. The third-order valence-corrected chi connectivity index (χ3v) is 10.8. The molecule has 2 unspecified atom stereocenters. The summed E-state index contributed by atoms with van der Waals surface area (Å²) in [7, 11) is 1.09. The summed E-state index contributed by atoms with van der Waals surface area (Å²) in [5, 5.41) is 4.76. The first-order chi connectivity index (χ1) is 19.0. The normalized spacial score (nSPS) is 19.4. The van der Waals surface area contributed by atoms with Gasteiger partial charge in [-0.25, -0.2) is 4.98 Å². The van der Waals surface area contributed by atoms with Crippen LogP contribution in [0.4, 0.5) is 11.6 Å². The van der Waals surface area contributed by atoms with E-state index in [1.165, 1.54) is 5.56 Å². The lowest BCUT2D eigenvalue weighted by atomic mass is 10.1. The first-order valence-corrected chi connectivity index (χ1v) is 15.8. The molecule has 1 saturated carbocycles. The quantitative estimate of drug-likeness (QED) is 0.327. The van der Waals surface area contributed by atoms with Crippen LogP contribution in [0.25, 0.3) is 11.0 Å². The Balaban J connectivity index is 1.27. The Bertz CT molecular complexity index is 1550. The van der Waals surface area contributed by atoms with Crippen molar-refractivity contribution in [2.24, 2.45) is 0 Å². The summed E-state index contributed by atoms with van der Waals surface area (Å²) in [5.41, 5.74) is 3.52. The van der Waals surface area contributed by atoms with Crippen LogP contribution in [-0.4, -0.2) is 54.8 Å². The molecule has 1 saturated heterocycles. The van der Waals surface area contributed by atoms with Crippen molar-refractivity contribution in [3.63, 3.8) is 0 Å². The van der Waals surface area contributed by atoms with E-state index in [2.05, 4.69) is 46.5 Å². The van der Waals surface area contributed by atoms with Crippen LogP contribution in [-0.2, 0) is 17.3 Å². The fourth-order valence-electron chi connectivity index (χ4n) is 5.46. The number of thioether (sulfide) groups is 1. The van der Waals surface area contributed by atoms with E-state index in [1.807, 2.05) is 36.0 Å². The molecule has 0 amide bonds. The molecule has 6 rings (SSSR count). The van der Waals surface area contributed by atoms with Crippen molar-refractivity contribution in [3.8, 4) is 0 Å². The van der Waals surface area contributed by atoms with Gasteiger partial charge in [0.05, 0.1) is 17.3 Å². The van der Waals surface area contributed by atoms with Crippen LogP contribution in [0.2, 0.25) is 0 Å². The highest BCUT2D eigenvalue weighted by atomic mass is 32.2. The minimum atomic E-state index is -1.09. The molecule has 9 heteroatoms. The highest BCUT2D eigenvalue weighted by molar-refractivity contribution is 7.99. The Morgan fingerprint density at radius 2 is 1.85 bits per heavy atom. The number of aromatic nitrogens is 3. The van der Waals surface area contributed by atoms with Crippen LogP contribution in [0.3, 0.4) is 0 Å². The summed E-state index contributed by atoms with van der Waals surface area (Å²) in [6.45, 7) is 2.50. The van der Waals surface area contributed by atoms with E-state index in [-0.39, 0.29) is 10.8 Å². The Morgan fingerprint density at radius 3 is 2.64 bits per heavy atom. The number of hydrogen-bond acceptors (Lipinski definition) is 7. The number of benzene rings is 2. The summed E-state index contributed by atoms with van der Waals surface area (Å²) >= 11 is 2.01. The van der Waals surface area contributed by atoms with Gasteiger partial charge in [-0.3, -0.25) is 13.6 Å². The van der Waals surface area contributed by atoms with Crippen molar-refractivity contribution in [3.05, 3.63) is 88.3 Å². The molecule has 3 heterocycles. The zero-order valence-corrected chi connectivity index (χ0v) is 23.7. The van der Waals surface area contributed by atoms with Crippen molar-refractivity contribution in [1.82, 2.24) is 19.4 Å². The molecule has 4 aromatic rings. The number of nitrogens with one attached hydrogen (secondary N) is 1. The molecule has 1 aliphatic carbocycles. The van der Waals surface area contributed by atoms with Gasteiger partial charge in [-0.15, -0.1) is 0 Å². The summed E-state index contributed by atoms with van der Waals surface area (Å²) in [5.74, 6) is 1.58. The van der Waals surface area contributed by atoms with Gasteiger partial charge in [0.1, 0.15) is 5.65 Å². The lowest BCUT2D eigenvalue weighted by Gasteiger charge is -2.29. The molecule has 7 nitrogen and oxygen atoms in total. The molecule has 202 valence electrons. The van der Waals surface area contributed by atoms with Crippen LogP contribution < -0.4 is 10.9 Å². The second-order valence-electron chi connectivity index (χ2n) is 10.4. The van der Waals surface area contributed by atoms with E-state index in [0.717, 1.165) is 66.1 Å². The number of likely N-dealkylation sites (N-methyl/N-ethyl adjacent to an activating group) is 1. The van der Waals surface area contributed by atoms with Crippen molar-refractivity contribution < 1.29 is 4.21 Å². The lowest BCUT2D eigenvalue weighted by Crippen LogP contribution is -2.30. The first kappa shape index (κ1) is 26.2. The predicted molar refractivity (Wildman–Crippen MR) is 160 cm³/mol. The first-order valence-electron chi connectivity index (χ1n) is 13.6. The van der Waals surface area contributed by atoms with E-state index in [4.69, 9.17) is 4.98 Å². The number of hydrogen-bond donors (Lipinski definition) is 1. The van der Waals surface area contributed by atoms with E-state index in [1.54, 1.807) is 22.9 Å². The average molecular weight is 560 g/mol. The minimum absolute atomic E-state index is 0.145. The van der Waals surface area contributed by atoms with E-state index in [0.29, 0.717) is 23.4 Å². The maximum Gasteiger partial charge on any atom is 0.252 e. The van der Waals surface area contributed by atoms with Crippen LogP contribution in [0.5, 0.6) is 0 Å². The topological polar surface area (TPSA) is 80.1 Å². The van der Waals surface area contributed by atoms with E-state index < -0.39 is 10.8 Å². The van der Waals surface area contributed by atoms with Gasteiger partial charge in [0.25, 0.3) is 5.56 Å². The smallest absolute Gasteiger partial charge is 0.252 e. The highest BCUT2D eigenvalue weighted by Crippen LogP contribution is 2.33. The second-order valence-corrected chi connectivity index (χ2v) is 13.4. The Kier molecular flexibility index (Phi) is 7.81. The van der Waals surface area contributed by atoms with Gasteiger partial charge in [-0.05, 0) is 55.3 Å². The molecule has 39 heavy (non-hydrogen) atoms. The maximum absolute atomic E-state index is 13.4. The van der Waals surface area contributed by atoms with Gasteiger partial charge < -0.3 is 10.2 Å².